The van der Waals surface area contributed by atoms with Crippen LogP contribution in [0.5, 0.6) is 0 Å². The van der Waals surface area contributed by atoms with Crippen LogP contribution in [-0.2, 0) is 37.9 Å². The zero-order valence-electron chi connectivity index (χ0n) is 75.0. The average molecular weight is 1840 g/mol. The molecule has 123 heavy (non-hydrogen) atoms. The molecule has 7 heterocycles. The number of rotatable bonds is 15. The normalized spacial score (nSPS) is 33.3. The maximum absolute atomic E-state index is 13.8. The van der Waals surface area contributed by atoms with Crippen molar-refractivity contribution in [2.45, 2.75) is 188 Å². The van der Waals surface area contributed by atoms with Crippen LogP contribution < -0.4 is 45.5 Å². The monoisotopic (exact) mass is 1840 g/mol. The first kappa shape index (κ1) is 101. The number of nitriles is 1. The number of carbonyl (C=O) groups is 4. The van der Waals surface area contributed by atoms with Crippen molar-refractivity contribution in [3.8, 4) is 6.26 Å². The predicted molar refractivity (Wildman–Crippen MR) is 462 cm³/mol. The molecule has 0 radical (unpaired) electrons. The molecule has 18 atom stereocenters. The molecular weight excluding hydrogens is 1710 g/mol. The fraction of sp³-hybridized carbons (Fsp3) is 0.685. The smallest absolute Gasteiger partial charge is 1.00 e. The minimum atomic E-state index is -0.884. The summed E-state index contributed by atoms with van der Waals surface area (Å²) in [6.07, 6.45) is 17.2. The molecule has 21 nitrogen and oxygen atoms in total. The number of nitrogens with one attached hydrogen (secondary N) is 3. The Labute approximate surface area is 766 Å². The molecule has 6 aliphatic carbocycles. The molecule has 8 amide bonds. The van der Waals surface area contributed by atoms with E-state index >= 15 is 0 Å². The Balaban J connectivity index is 0.000000200. The third-order valence-electron chi connectivity index (χ3n) is 29.2. The SMILES string of the molecule is C1CCOC1.C=C1CCC2[C@]3(C)CO[C@@H](c4ccc(F)c(F)c4)O[C@@H]3CC[C@@]2(C)[C@@H]1CCBr.C=C1CCC2[C@]3(C)CO[C@@H](c4ccc(F)c(F)c4)O[C@@H]3CC[C@@]2(C)[C@@H]1CCN1CCN(C)C1=O.C=C1CCC2[C@]3(C)CO[C@@H](c4ccc(F)c(F)c4)O[C@@H]3CC[C@@]2(C)[C@@H]1CCN1CCN(C)C1=O.CN1CCNC1=O.CNC(=O)NCCCl.N#COCCCl.[H-].[Na+]. The third kappa shape index (κ3) is 23.4. The molecule has 0 spiro atoms. The van der Waals surface area contributed by atoms with Gasteiger partial charge < -0.3 is 79.8 Å². The summed E-state index contributed by atoms with van der Waals surface area (Å²) < 4.78 is 128. The van der Waals surface area contributed by atoms with E-state index in [1.807, 2.05) is 23.9 Å². The van der Waals surface area contributed by atoms with Crippen LogP contribution in [0.3, 0.4) is 0 Å². The fourth-order valence-corrected chi connectivity index (χ4v) is 23.1. The maximum Gasteiger partial charge on any atom is 1.00 e. The molecule has 0 aromatic heterocycles. The zero-order valence-corrected chi connectivity index (χ0v) is 79.1. The first-order chi connectivity index (χ1) is 58.1. The molecule has 680 valence electrons. The number of fused-ring (bicyclic) bond motifs is 9. The summed E-state index contributed by atoms with van der Waals surface area (Å²) in [6.45, 7) is 38.2. The molecule has 13 aliphatic rings. The van der Waals surface area contributed by atoms with E-state index in [0.29, 0.717) is 96.9 Å². The summed E-state index contributed by atoms with van der Waals surface area (Å²) in [5.74, 6) is -1.85. The maximum atomic E-state index is 13.8. The second kappa shape index (κ2) is 45.2. The van der Waals surface area contributed by atoms with E-state index in [4.69, 9.17) is 61.6 Å². The number of ether oxygens (including phenoxy) is 8. The largest absolute Gasteiger partial charge is 1.00 e. The van der Waals surface area contributed by atoms with Crippen LogP contribution >= 0.6 is 39.1 Å². The summed E-state index contributed by atoms with van der Waals surface area (Å²) >= 11 is 14.0. The van der Waals surface area contributed by atoms with Gasteiger partial charge in [0.15, 0.2) is 53.8 Å². The van der Waals surface area contributed by atoms with Crippen molar-refractivity contribution in [3.05, 3.63) is 143 Å². The first-order valence-electron chi connectivity index (χ1n) is 43.5. The van der Waals surface area contributed by atoms with Gasteiger partial charge in [-0.1, -0.05) is 112 Å². The zero-order chi connectivity index (χ0) is 88.7. The Hall–Kier alpha value is -5.39. The second-order valence-electron chi connectivity index (χ2n) is 36.6. The second-order valence-corrected chi connectivity index (χ2v) is 38.2. The van der Waals surface area contributed by atoms with E-state index in [-0.39, 0.29) is 106 Å². The van der Waals surface area contributed by atoms with Crippen molar-refractivity contribution < 1.29 is 114 Å². The third-order valence-corrected chi connectivity index (χ3v) is 30.0. The number of hydrogen-bond donors (Lipinski definition) is 3. The Kier molecular flexibility index (Phi) is 37.3. The van der Waals surface area contributed by atoms with E-state index in [1.165, 1.54) is 66.1 Å². The van der Waals surface area contributed by atoms with Crippen LogP contribution in [0, 0.1) is 114 Å². The van der Waals surface area contributed by atoms with Crippen molar-refractivity contribution in [2.24, 2.45) is 68.0 Å². The summed E-state index contributed by atoms with van der Waals surface area (Å²) in [6, 6.07) is 11.7. The van der Waals surface area contributed by atoms with Gasteiger partial charge in [0.2, 0.25) is 0 Å². The Morgan fingerprint density at radius 2 is 0.935 bits per heavy atom. The topological polar surface area (TPSA) is 218 Å². The number of carbonyl (C=O) groups excluding carboxylic acids is 4. The standard InChI is InChI=1S/2C27H36F2N2O3.C23H29BrF2O2.C4H9ClN2O.C4H8N2O.C4H8O.C3H4ClNO.Na.H/c2*1-17-5-8-22-26(2,19(17)10-12-31-14-13-30(4)25(31)32)11-9-23-27(22,3)16-33-24(34-23)18-6-7-20(28)21(29)15-18;1-14-4-7-19-22(2,16(14)9-11-24)10-8-20-23(19,3)13-27-21(28-20)15-5-6-17(25)18(26)12-15;1-6-4(8)7-3-2-5;1-6-3-2-5-4(6)7;1-2-4-5-3-1;4-1-2-6-3-5;;/h2*6-7,15,19,22-24H,1,5,8-14,16H2,2-4H3;5-6,12,16,19-21H,1,4,7-11,13H2,2-3H3;2-3H2,1H3,(H2,6,7,8);2-3H2,1H3,(H,5,7);1-4H2;1-2H2;;/q;;;;;;;+1;-1/t2*19-,22?,23-,24-,26+,27+;16-,19?,20-,21-,22+,23+;;;;;;/m111....../s1. The number of amides is 8. The predicted octanol–water partition coefficient (Wildman–Crippen LogP) is 16.0. The minimum Gasteiger partial charge on any atom is -1.00 e. The van der Waals surface area contributed by atoms with Crippen molar-refractivity contribution in [1.29, 1.82) is 5.26 Å². The van der Waals surface area contributed by atoms with Gasteiger partial charge in [-0.2, -0.15) is 5.26 Å². The van der Waals surface area contributed by atoms with Gasteiger partial charge in [-0.25, -0.2) is 45.5 Å². The van der Waals surface area contributed by atoms with E-state index < -0.39 is 53.8 Å². The van der Waals surface area contributed by atoms with Gasteiger partial charge in [-0.3, -0.25) is 0 Å². The molecule has 13 fully saturated rings. The van der Waals surface area contributed by atoms with Crippen molar-refractivity contribution in [1.82, 2.24) is 40.4 Å². The quantitative estimate of drug-likeness (QED) is 0.0322. The minimum absolute atomic E-state index is 0. The molecule has 16 rings (SSSR count). The van der Waals surface area contributed by atoms with Gasteiger partial charge in [-0.15, -0.1) is 23.2 Å². The van der Waals surface area contributed by atoms with Gasteiger partial charge in [0.25, 0.3) is 6.26 Å². The summed E-state index contributed by atoms with van der Waals surface area (Å²) in [5, 5.41) is 16.2. The molecule has 31 heteroatoms. The number of benzene rings is 3. The Morgan fingerprint density at radius 1 is 0.561 bits per heavy atom. The van der Waals surface area contributed by atoms with Crippen molar-refractivity contribution in [3.63, 3.8) is 0 Å². The summed E-state index contributed by atoms with van der Waals surface area (Å²) in [4.78, 5) is 54.6. The van der Waals surface area contributed by atoms with E-state index in [2.05, 4.69) is 97.9 Å². The number of nitrogens with zero attached hydrogens (tertiary/aromatic N) is 6. The number of urea groups is 4. The first-order valence-corrected chi connectivity index (χ1v) is 45.7. The van der Waals surface area contributed by atoms with E-state index in [9.17, 15) is 45.5 Å². The molecule has 3 N–H and O–H groups in total. The average Bonchev–Trinajstić information content (AvgIpc) is 0.785. The Morgan fingerprint density at radius 3 is 1.20 bits per heavy atom. The van der Waals surface area contributed by atoms with Gasteiger partial charge in [-0.05, 0) is 197 Å². The molecule has 0 bridgehead atoms. The fourth-order valence-electron chi connectivity index (χ4n) is 22.5. The van der Waals surface area contributed by atoms with Crippen molar-refractivity contribution in [2.75, 3.05) is 144 Å². The molecular formula is C92H131BrCl2F6N9NaO12. The molecule has 7 saturated heterocycles. The number of hydrogen-bond acceptors (Lipinski definition) is 13. The van der Waals surface area contributed by atoms with E-state index in [1.54, 1.807) is 34.9 Å². The Bertz CT molecular complexity index is 4000. The van der Waals surface area contributed by atoms with Gasteiger partial charge in [0.1, 0.15) is 6.61 Å². The van der Waals surface area contributed by atoms with Crippen LogP contribution in [0.1, 0.15) is 188 Å². The van der Waals surface area contributed by atoms with Gasteiger partial charge >= 0.3 is 53.7 Å². The summed E-state index contributed by atoms with van der Waals surface area (Å²) in [5.41, 5.74) is 5.51. The van der Waals surface area contributed by atoms with Crippen LogP contribution in [0.25, 0.3) is 0 Å². The van der Waals surface area contributed by atoms with Crippen LogP contribution in [0.2, 0.25) is 0 Å². The van der Waals surface area contributed by atoms with Crippen LogP contribution in [0.15, 0.2) is 91.1 Å². The molecule has 3 aromatic rings. The number of allylic oxidation sites excluding steroid dienone is 3. The van der Waals surface area contributed by atoms with E-state index in [0.717, 1.165) is 185 Å². The number of likely N-dealkylation sites (N-methyl/N-ethyl adjacent to an activating group) is 3. The summed E-state index contributed by atoms with van der Waals surface area (Å²) in [7, 11) is 7.06. The molecule has 7 aliphatic heterocycles. The molecule has 3 unspecified atom stereocenters. The number of halogens is 9. The molecule has 6 saturated carbocycles. The van der Waals surface area contributed by atoms with Gasteiger partial charge in [0, 0.05) is 144 Å². The van der Waals surface area contributed by atoms with Crippen LogP contribution in [0.4, 0.5) is 45.5 Å². The molecule has 3 aromatic carbocycles. The van der Waals surface area contributed by atoms with Gasteiger partial charge in [0.05, 0.1) is 44.0 Å². The van der Waals surface area contributed by atoms with Crippen LogP contribution in [-0.4, -0.2) is 211 Å². The van der Waals surface area contributed by atoms with Crippen molar-refractivity contribution >= 4 is 63.3 Å². The number of alkyl halides is 3.